The zero-order chi connectivity index (χ0) is 10.4. The van der Waals surface area contributed by atoms with Crippen molar-refractivity contribution < 1.29 is 0 Å². The lowest BCUT2D eigenvalue weighted by Gasteiger charge is -2.28. The molecule has 84 valence electrons. The fraction of sp³-hybridized carbons (Fsp3) is 1.00. The van der Waals surface area contributed by atoms with Crippen LogP contribution in [-0.2, 0) is 0 Å². The van der Waals surface area contributed by atoms with Crippen molar-refractivity contribution in [2.24, 2.45) is 11.8 Å². The first-order valence-corrected chi connectivity index (χ1v) is 6.45. The molecule has 1 aliphatic carbocycles. The molecule has 1 heteroatoms. The van der Waals surface area contributed by atoms with Gasteiger partial charge in [-0.15, -0.1) is 0 Å². The molecule has 0 bridgehead atoms. The van der Waals surface area contributed by atoms with Crippen molar-refractivity contribution in [3.8, 4) is 0 Å². The normalized spacial score (nSPS) is 28.3. The summed E-state index contributed by atoms with van der Waals surface area (Å²) in [7, 11) is 0. The molecule has 2 unspecified atom stereocenters. The van der Waals surface area contributed by atoms with Gasteiger partial charge in [0.25, 0.3) is 0 Å². The Balaban J connectivity index is 2.11. The van der Waals surface area contributed by atoms with Gasteiger partial charge in [0, 0.05) is 6.04 Å². The minimum Gasteiger partial charge on any atom is -0.315 e. The topological polar surface area (TPSA) is 12.0 Å². The van der Waals surface area contributed by atoms with Crippen LogP contribution in [0.25, 0.3) is 0 Å². The lowest BCUT2D eigenvalue weighted by Crippen LogP contribution is -2.26. The summed E-state index contributed by atoms with van der Waals surface area (Å²) in [5, 5.41) is 3.53. The minimum absolute atomic E-state index is 0.653. The predicted molar refractivity (Wildman–Crippen MR) is 63.5 cm³/mol. The Bertz CT molecular complexity index is 142. The van der Waals surface area contributed by atoms with E-state index in [1.54, 1.807) is 0 Å². The van der Waals surface area contributed by atoms with Crippen LogP contribution in [0.1, 0.15) is 59.3 Å². The van der Waals surface area contributed by atoms with Crippen LogP contribution < -0.4 is 5.32 Å². The van der Waals surface area contributed by atoms with Gasteiger partial charge in [0.2, 0.25) is 0 Å². The van der Waals surface area contributed by atoms with Gasteiger partial charge in [-0.2, -0.15) is 0 Å². The molecule has 0 spiro atoms. The second-order valence-corrected chi connectivity index (χ2v) is 5.20. The maximum Gasteiger partial charge on any atom is 0.00103 e. The third-order valence-corrected chi connectivity index (χ3v) is 3.57. The Morgan fingerprint density at radius 3 is 2.57 bits per heavy atom. The summed E-state index contributed by atoms with van der Waals surface area (Å²) < 4.78 is 0. The van der Waals surface area contributed by atoms with Crippen molar-refractivity contribution in [1.82, 2.24) is 5.32 Å². The molecule has 1 aliphatic rings. The minimum atomic E-state index is 0.653. The standard InChI is InChI=1S/C13H27N/c1-4-12-6-5-7-13(10-12)8-9-14-11(2)3/h11-14H,4-10H2,1-3H3. The van der Waals surface area contributed by atoms with Crippen molar-refractivity contribution in [3.63, 3.8) is 0 Å². The second kappa shape index (κ2) is 6.44. The third kappa shape index (κ3) is 4.45. The number of hydrogen-bond donors (Lipinski definition) is 1. The van der Waals surface area contributed by atoms with Gasteiger partial charge in [-0.3, -0.25) is 0 Å². The van der Waals surface area contributed by atoms with Crippen LogP contribution in [0, 0.1) is 11.8 Å². The molecular formula is C13H27N. The average molecular weight is 197 g/mol. The second-order valence-electron chi connectivity index (χ2n) is 5.20. The molecule has 0 amide bonds. The lowest BCUT2D eigenvalue weighted by molar-refractivity contribution is 0.247. The van der Waals surface area contributed by atoms with Crippen LogP contribution in [0.15, 0.2) is 0 Å². The first kappa shape index (κ1) is 12.0. The third-order valence-electron chi connectivity index (χ3n) is 3.57. The van der Waals surface area contributed by atoms with Crippen molar-refractivity contribution in [1.29, 1.82) is 0 Å². The zero-order valence-electron chi connectivity index (χ0n) is 10.2. The number of hydrogen-bond acceptors (Lipinski definition) is 1. The van der Waals surface area contributed by atoms with E-state index in [4.69, 9.17) is 0 Å². The van der Waals surface area contributed by atoms with Crippen LogP contribution in [0.5, 0.6) is 0 Å². The Kier molecular flexibility index (Phi) is 5.54. The Hall–Kier alpha value is -0.0400. The fourth-order valence-corrected chi connectivity index (χ4v) is 2.61. The van der Waals surface area contributed by atoms with E-state index in [0.29, 0.717) is 6.04 Å². The van der Waals surface area contributed by atoms with Gasteiger partial charge >= 0.3 is 0 Å². The molecule has 1 saturated carbocycles. The quantitative estimate of drug-likeness (QED) is 0.710. The summed E-state index contributed by atoms with van der Waals surface area (Å²) in [6.45, 7) is 8.03. The molecule has 0 aromatic heterocycles. The molecule has 1 fully saturated rings. The van der Waals surface area contributed by atoms with Gasteiger partial charge in [-0.25, -0.2) is 0 Å². The first-order chi connectivity index (χ1) is 6.72. The monoisotopic (exact) mass is 197 g/mol. The highest BCUT2D eigenvalue weighted by Gasteiger charge is 2.19. The van der Waals surface area contributed by atoms with E-state index >= 15 is 0 Å². The molecule has 1 rings (SSSR count). The zero-order valence-corrected chi connectivity index (χ0v) is 10.2. The molecule has 1 nitrogen and oxygen atoms in total. The number of rotatable bonds is 5. The summed E-state index contributed by atoms with van der Waals surface area (Å²) in [5.74, 6) is 2.05. The molecule has 0 aromatic rings. The van der Waals surface area contributed by atoms with Crippen LogP contribution in [0.4, 0.5) is 0 Å². The molecular weight excluding hydrogens is 170 g/mol. The Labute approximate surface area is 89.7 Å². The van der Waals surface area contributed by atoms with E-state index in [9.17, 15) is 0 Å². The van der Waals surface area contributed by atoms with Crippen LogP contribution in [-0.4, -0.2) is 12.6 Å². The number of nitrogens with one attached hydrogen (secondary N) is 1. The first-order valence-electron chi connectivity index (χ1n) is 6.45. The molecule has 0 aromatic carbocycles. The summed E-state index contributed by atoms with van der Waals surface area (Å²) in [6.07, 6.45) is 8.74. The fourth-order valence-electron chi connectivity index (χ4n) is 2.61. The maximum atomic E-state index is 3.53. The summed E-state index contributed by atoms with van der Waals surface area (Å²) in [5.41, 5.74) is 0. The lowest BCUT2D eigenvalue weighted by atomic mass is 9.79. The van der Waals surface area contributed by atoms with Gasteiger partial charge in [0.15, 0.2) is 0 Å². The van der Waals surface area contributed by atoms with E-state index < -0.39 is 0 Å². The highest BCUT2D eigenvalue weighted by Crippen LogP contribution is 2.32. The summed E-state index contributed by atoms with van der Waals surface area (Å²) >= 11 is 0. The SMILES string of the molecule is CCC1CCCC(CCNC(C)C)C1. The summed E-state index contributed by atoms with van der Waals surface area (Å²) in [6, 6.07) is 0.653. The van der Waals surface area contributed by atoms with Crippen molar-refractivity contribution in [3.05, 3.63) is 0 Å². The molecule has 2 atom stereocenters. The molecule has 14 heavy (non-hydrogen) atoms. The molecule has 0 radical (unpaired) electrons. The van der Waals surface area contributed by atoms with E-state index in [2.05, 4.69) is 26.1 Å². The highest BCUT2D eigenvalue weighted by molar-refractivity contribution is 4.73. The van der Waals surface area contributed by atoms with Gasteiger partial charge in [0.1, 0.15) is 0 Å². The van der Waals surface area contributed by atoms with Gasteiger partial charge in [-0.1, -0.05) is 46.5 Å². The molecule has 1 N–H and O–H groups in total. The van der Waals surface area contributed by atoms with E-state index in [1.165, 1.54) is 45.1 Å². The average Bonchev–Trinajstić information content (AvgIpc) is 2.18. The smallest absolute Gasteiger partial charge is 0.00103 e. The van der Waals surface area contributed by atoms with Crippen molar-refractivity contribution in [2.45, 2.75) is 65.3 Å². The summed E-state index contributed by atoms with van der Waals surface area (Å²) in [4.78, 5) is 0. The van der Waals surface area contributed by atoms with Crippen LogP contribution in [0.2, 0.25) is 0 Å². The molecule has 0 aliphatic heterocycles. The van der Waals surface area contributed by atoms with Crippen molar-refractivity contribution in [2.75, 3.05) is 6.54 Å². The Morgan fingerprint density at radius 1 is 1.21 bits per heavy atom. The van der Waals surface area contributed by atoms with Gasteiger partial charge in [0.05, 0.1) is 0 Å². The van der Waals surface area contributed by atoms with Crippen LogP contribution >= 0.6 is 0 Å². The maximum absolute atomic E-state index is 3.53. The van der Waals surface area contributed by atoms with E-state index in [-0.39, 0.29) is 0 Å². The highest BCUT2D eigenvalue weighted by atomic mass is 14.9. The van der Waals surface area contributed by atoms with Crippen LogP contribution in [0.3, 0.4) is 0 Å². The Morgan fingerprint density at radius 2 is 1.93 bits per heavy atom. The largest absolute Gasteiger partial charge is 0.315 e. The molecule has 0 heterocycles. The molecule has 0 saturated heterocycles. The van der Waals surface area contributed by atoms with E-state index in [0.717, 1.165) is 11.8 Å². The van der Waals surface area contributed by atoms with Crippen molar-refractivity contribution >= 4 is 0 Å². The van der Waals surface area contributed by atoms with Gasteiger partial charge in [-0.05, 0) is 31.2 Å². The van der Waals surface area contributed by atoms with Gasteiger partial charge < -0.3 is 5.32 Å². The van der Waals surface area contributed by atoms with E-state index in [1.807, 2.05) is 0 Å². The predicted octanol–water partition coefficient (Wildman–Crippen LogP) is 3.59.